The lowest BCUT2D eigenvalue weighted by Crippen LogP contribution is -2.56. The number of hydrogen-bond donors (Lipinski definition) is 2. The summed E-state index contributed by atoms with van der Waals surface area (Å²) < 4.78 is 0. The Kier molecular flexibility index (Phi) is 3.20. The van der Waals surface area contributed by atoms with Gasteiger partial charge >= 0.3 is 6.03 Å². The van der Waals surface area contributed by atoms with Gasteiger partial charge in [-0.15, -0.1) is 0 Å². The number of likely N-dealkylation sites (tertiary alicyclic amines) is 1. The van der Waals surface area contributed by atoms with Crippen molar-refractivity contribution in [3.8, 4) is 0 Å². The molecule has 0 spiro atoms. The van der Waals surface area contributed by atoms with Gasteiger partial charge in [-0.2, -0.15) is 0 Å². The second kappa shape index (κ2) is 4.61. The molecule has 5 nitrogen and oxygen atoms in total. The minimum Gasteiger partial charge on any atom is -0.333 e. The highest BCUT2D eigenvalue weighted by atomic mass is 16.2. The Morgan fingerprint density at radius 2 is 1.93 bits per heavy atom. The summed E-state index contributed by atoms with van der Waals surface area (Å²) in [6.45, 7) is 2.99. The van der Waals surface area contributed by atoms with Gasteiger partial charge in [-0.25, -0.2) is 4.79 Å². The van der Waals surface area contributed by atoms with Gasteiger partial charge in [0.05, 0.1) is 6.04 Å². The van der Waals surface area contributed by atoms with Crippen LogP contribution >= 0.6 is 0 Å². The highest BCUT2D eigenvalue weighted by Crippen LogP contribution is 2.10. The Morgan fingerprint density at radius 3 is 2.60 bits per heavy atom. The average Bonchev–Trinajstić information content (AvgIpc) is 2.17. The van der Waals surface area contributed by atoms with E-state index in [1.54, 1.807) is 0 Å². The van der Waals surface area contributed by atoms with E-state index in [-0.39, 0.29) is 18.0 Å². The highest BCUT2D eigenvalue weighted by molar-refractivity contribution is 5.97. The van der Waals surface area contributed by atoms with Crippen LogP contribution in [0.1, 0.15) is 25.7 Å². The molecule has 5 heteroatoms. The molecule has 0 radical (unpaired) electrons. The molecule has 0 aromatic heterocycles. The van der Waals surface area contributed by atoms with Crippen LogP contribution in [0.4, 0.5) is 4.79 Å². The van der Waals surface area contributed by atoms with Gasteiger partial charge in [0.2, 0.25) is 5.91 Å². The molecule has 0 aromatic carbocycles. The second-order valence-corrected chi connectivity index (χ2v) is 4.28. The van der Waals surface area contributed by atoms with Crippen LogP contribution < -0.4 is 10.6 Å². The zero-order valence-electron chi connectivity index (χ0n) is 8.79. The van der Waals surface area contributed by atoms with Crippen LogP contribution in [0.3, 0.4) is 0 Å². The Bertz CT molecular complexity index is 245. The molecule has 2 aliphatic rings. The third kappa shape index (κ3) is 2.92. The van der Waals surface area contributed by atoms with E-state index < -0.39 is 0 Å². The molecular weight excluding hydrogens is 194 g/mol. The topological polar surface area (TPSA) is 61.4 Å². The molecule has 2 heterocycles. The predicted octanol–water partition coefficient (Wildman–Crippen LogP) is 0.0704. The van der Waals surface area contributed by atoms with E-state index in [1.165, 1.54) is 19.3 Å². The van der Waals surface area contributed by atoms with E-state index >= 15 is 0 Å². The highest BCUT2D eigenvalue weighted by Gasteiger charge is 2.25. The summed E-state index contributed by atoms with van der Waals surface area (Å²) in [5.74, 6) is -0.166. The zero-order chi connectivity index (χ0) is 10.7. The normalized spacial score (nSPS) is 28.4. The molecule has 2 saturated heterocycles. The fraction of sp³-hybridized carbons (Fsp3) is 0.800. The largest absolute Gasteiger partial charge is 0.333 e. The van der Waals surface area contributed by atoms with Gasteiger partial charge in [-0.1, -0.05) is 6.42 Å². The Hall–Kier alpha value is -1.10. The van der Waals surface area contributed by atoms with Gasteiger partial charge in [0.25, 0.3) is 0 Å². The molecule has 2 rings (SSSR count). The molecule has 1 unspecified atom stereocenters. The number of piperidine rings is 1. The molecule has 1 atom stereocenters. The lowest BCUT2D eigenvalue weighted by atomic mass is 10.1. The van der Waals surface area contributed by atoms with Crippen LogP contribution in [0.5, 0.6) is 0 Å². The van der Waals surface area contributed by atoms with Gasteiger partial charge < -0.3 is 10.2 Å². The Labute approximate surface area is 89.2 Å². The van der Waals surface area contributed by atoms with Crippen LogP contribution in [0.25, 0.3) is 0 Å². The maximum Gasteiger partial charge on any atom is 0.321 e. The van der Waals surface area contributed by atoms with Crippen LogP contribution in [-0.4, -0.2) is 42.5 Å². The lowest BCUT2D eigenvalue weighted by molar-refractivity contribution is -0.121. The fourth-order valence-electron chi connectivity index (χ4n) is 2.24. The molecular formula is C10H17N3O2. The van der Waals surface area contributed by atoms with E-state index in [2.05, 4.69) is 15.5 Å². The molecule has 0 aromatic rings. The molecule has 84 valence electrons. The Balaban J connectivity index is 1.82. The van der Waals surface area contributed by atoms with Gasteiger partial charge in [-0.3, -0.25) is 10.1 Å². The first-order valence-electron chi connectivity index (χ1n) is 5.57. The lowest BCUT2D eigenvalue weighted by Gasteiger charge is -2.32. The molecule has 0 bridgehead atoms. The number of hydrogen-bond acceptors (Lipinski definition) is 3. The quantitative estimate of drug-likeness (QED) is 0.679. The minimum atomic E-state index is -0.353. The van der Waals surface area contributed by atoms with E-state index in [0.717, 1.165) is 19.6 Å². The number of carbonyl (C=O) groups excluding carboxylic acids is 2. The first-order chi connectivity index (χ1) is 7.24. The third-order valence-electron chi connectivity index (χ3n) is 2.95. The first-order valence-corrected chi connectivity index (χ1v) is 5.57. The minimum absolute atomic E-state index is 0.00986. The van der Waals surface area contributed by atoms with Crippen molar-refractivity contribution in [2.24, 2.45) is 0 Å². The van der Waals surface area contributed by atoms with Crippen molar-refractivity contribution in [3.05, 3.63) is 0 Å². The summed E-state index contributed by atoms with van der Waals surface area (Å²) in [6, 6.07) is -0.363. The van der Waals surface area contributed by atoms with Gasteiger partial charge in [-0.05, 0) is 25.9 Å². The number of rotatable bonds is 2. The summed E-state index contributed by atoms with van der Waals surface area (Å²) >= 11 is 0. The molecule has 0 saturated carbocycles. The SMILES string of the molecule is O=C1CC(CN2CCCCC2)NC(=O)N1. The number of imide groups is 1. The third-order valence-corrected chi connectivity index (χ3v) is 2.95. The predicted molar refractivity (Wildman–Crippen MR) is 55.4 cm³/mol. The summed E-state index contributed by atoms with van der Waals surface area (Å²) in [4.78, 5) is 24.5. The van der Waals surface area contributed by atoms with Crippen molar-refractivity contribution in [2.45, 2.75) is 31.7 Å². The van der Waals surface area contributed by atoms with E-state index in [1.807, 2.05) is 0 Å². The summed E-state index contributed by atoms with van der Waals surface area (Å²) in [7, 11) is 0. The second-order valence-electron chi connectivity index (χ2n) is 4.28. The molecule has 2 aliphatic heterocycles. The molecule has 2 fully saturated rings. The van der Waals surface area contributed by atoms with Gasteiger partial charge in [0, 0.05) is 13.0 Å². The standard InChI is InChI=1S/C10H17N3O2/c14-9-6-8(11-10(15)12-9)7-13-4-2-1-3-5-13/h8H,1-7H2,(H2,11,12,14,15). The fourth-order valence-corrected chi connectivity index (χ4v) is 2.24. The van der Waals surface area contributed by atoms with Crippen molar-refractivity contribution in [1.82, 2.24) is 15.5 Å². The maximum absolute atomic E-state index is 11.1. The van der Waals surface area contributed by atoms with Gasteiger partial charge in [0.1, 0.15) is 0 Å². The van der Waals surface area contributed by atoms with Crippen molar-refractivity contribution in [3.63, 3.8) is 0 Å². The first kappa shape index (κ1) is 10.4. The van der Waals surface area contributed by atoms with E-state index in [0.29, 0.717) is 6.42 Å². The molecule has 3 amide bonds. The van der Waals surface area contributed by atoms with Crippen LogP contribution in [-0.2, 0) is 4.79 Å². The Morgan fingerprint density at radius 1 is 1.20 bits per heavy atom. The van der Waals surface area contributed by atoms with Crippen molar-refractivity contribution >= 4 is 11.9 Å². The average molecular weight is 211 g/mol. The number of nitrogens with zero attached hydrogens (tertiary/aromatic N) is 1. The molecule has 15 heavy (non-hydrogen) atoms. The molecule has 2 N–H and O–H groups in total. The summed E-state index contributed by atoms with van der Waals surface area (Å²) in [6.07, 6.45) is 4.16. The maximum atomic E-state index is 11.1. The summed E-state index contributed by atoms with van der Waals surface area (Å²) in [5.41, 5.74) is 0. The van der Waals surface area contributed by atoms with Crippen LogP contribution in [0.2, 0.25) is 0 Å². The number of nitrogens with one attached hydrogen (secondary N) is 2. The van der Waals surface area contributed by atoms with Crippen molar-refractivity contribution in [1.29, 1.82) is 0 Å². The number of carbonyl (C=O) groups is 2. The van der Waals surface area contributed by atoms with Crippen molar-refractivity contribution < 1.29 is 9.59 Å². The molecule has 0 aliphatic carbocycles. The van der Waals surface area contributed by atoms with E-state index in [4.69, 9.17) is 0 Å². The smallest absolute Gasteiger partial charge is 0.321 e. The monoisotopic (exact) mass is 211 g/mol. The van der Waals surface area contributed by atoms with Gasteiger partial charge in [0.15, 0.2) is 0 Å². The number of amides is 3. The zero-order valence-corrected chi connectivity index (χ0v) is 8.79. The summed E-state index contributed by atoms with van der Waals surface area (Å²) in [5, 5.41) is 5.02. The van der Waals surface area contributed by atoms with Crippen LogP contribution in [0.15, 0.2) is 0 Å². The van der Waals surface area contributed by atoms with Crippen molar-refractivity contribution in [2.75, 3.05) is 19.6 Å². The van der Waals surface area contributed by atoms with Crippen LogP contribution in [0, 0.1) is 0 Å². The number of urea groups is 1. The van der Waals surface area contributed by atoms with E-state index in [9.17, 15) is 9.59 Å².